The quantitative estimate of drug-likeness (QED) is 0.879. The number of halogens is 1. The van der Waals surface area contributed by atoms with E-state index in [9.17, 15) is 0 Å². The fourth-order valence-corrected chi connectivity index (χ4v) is 1.87. The third kappa shape index (κ3) is 2.70. The number of aryl methyl sites for hydroxylation is 2. The maximum atomic E-state index is 5.98. The van der Waals surface area contributed by atoms with Crippen LogP contribution in [0.15, 0.2) is 12.4 Å². The van der Waals surface area contributed by atoms with Gasteiger partial charge in [0.2, 0.25) is 5.95 Å². The maximum Gasteiger partial charge on any atom is 0.222 e. The highest BCUT2D eigenvalue weighted by molar-refractivity contribution is 6.32. The largest absolute Gasteiger partial charge is 0.368 e. The van der Waals surface area contributed by atoms with Gasteiger partial charge >= 0.3 is 0 Å². The van der Waals surface area contributed by atoms with Crippen molar-refractivity contribution in [3.63, 3.8) is 0 Å². The Morgan fingerprint density at radius 2 is 2.28 bits per heavy atom. The van der Waals surface area contributed by atoms with Gasteiger partial charge in [0.15, 0.2) is 5.82 Å². The number of nitrogens with two attached hydrogens (primary N) is 1. The minimum absolute atomic E-state index is 0.198. The van der Waals surface area contributed by atoms with Crippen LogP contribution in [0.2, 0.25) is 5.02 Å². The third-order valence-electron chi connectivity index (χ3n) is 2.54. The molecule has 2 aromatic rings. The van der Waals surface area contributed by atoms with Crippen molar-refractivity contribution in [2.75, 3.05) is 11.1 Å². The van der Waals surface area contributed by atoms with Crippen LogP contribution in [0.3, 0.4) is 0 Å². The molecule has 0 aromatic carbocycles. The van der Waals surface area contributed by atoms with Crippen LogP contribution < -0.4 is 11.1 Å². The molecule has 0 fully saturated rings. The van der Waals surface area contributed by atoms with E-state index < -0.39 is 0 Å². The topological polar surface area (TPSA) is 81.7 Å². The summed E-state index contributed by atoms with van der Waals surface area (Å²) in [7, 11) is 1.90. The highest BCUT2D eigenvalue weighted by Gasteiger charge is 2.08. The minimum Gasteiger partial charge on any atom is -0.368 e. The van der Waals surface area contributed by atoms with Crippen molar-refractivity contribution in [2.45, 2.75) is 19.9 Å². The molecule has 0 unspecified atom stereocenters. The summed E-state index contributed by atoms with van der Waals surface area (Å²) in [6.45, 7) is 2.68. The molecule has 0 atom stereocenters. The summed E-state index contributed by atoms with van der Waals surface area (Å²) >= 11 is 5.98. The van der Waals surface area contributed by atoms with Crippen LogP contribution in [-0.4, -0.2) is 19.7 Å². The normalized spacial score (nSPS) is 10.6. The lowest BCUT2D eigenvalue weighted by molar-refractivity contribution is 0.746. The van der Waals surface area contributed by atoms with E-state index in [1.165, 1.54) is 6.20 Å². The molecule has 0 bridgehead atoms. The van der Waals surface area contributed by atoms with E-state index in [-0.39, 0.29) is 5.95 Å². The first kappa shape index (κ1) is 12.6. The summed E-state index contributed by atoms with van der Waals surface area (Å²) in [5, 5.41) is 7.96. The molecule has 0 aliphatic heterocycles. The molecule has 2 rings (SSSR count). The Bertz CT molecular complexity index is 550. The molecule has 0 saturated carbocycles. The summed E-state index contributed by atoms with van der Waals surface area (Å²) in [6, 6.07) is 0. The number of anilines is 2. The second-order valence-electron chi connectivity index (χ2n) is 3.91. The van der Waals surface area contributed by atoms with Crippen molar-refractivity contribution in [1.82, 2.24) is 19.7 Å². The lowest BCUT2D eigenvalue weighted by Gasteiger charge is -2.07. The van der Waals surface area contributed by atoms with Crippen molar-refractivity contribution in [1.29, 1.82) is 0 Å². The Kier molecular flexibility index (Phi) is 3.66. The maximum absolute atomic E-state index is 5.98. The number of hydrogen-bond donors (Lipinski definition) is 2. The van der Waals surface area contributed by atoms with Gasteiger partial charge in [-0.25, -0.2) is 4.98 Å². The van der Waals surface area contributed by atoms with Gasteiger partial charge in [0.25, 0.3) is 0 Å². The molecule has 18 heavy (non-hydrogen) atoms. The van der Waals surface area contributed by atoms with E-state index in [0.717, 1.165) is 17.7 Å². The van der Waals surface area contributed by atoms with Gasteiger partial charge in [-0.1, -0.05) is 18.5 Å². The average molecular weight is 267 g/mol. The van der Waals surface area contributed by atoms with E-state index >= 15 is 0 Å². The number of nitrogens with one attached hydrogen (secondary N) is 1. The molecule has 0 aliphatic carbocycles. The molecule has 96 valence electrons. The molecule has 2 heterocycles. The van der Waals surface area contributed by atoms with Crippen LogP contribution >= 0.6 is 11.6 Å². The SMILES string of the molecule is CCc1nn(C)cc1CNc1nc(N)ncc1Cl. The van der Waals surface area contributed by atoms with Crippen LogP contribution in [0.5, 0.6) is 0 Å². The number of rotatable bonds is 4. The van der Waals surface area contributed by atoms with Crippen molar-refractivity contribution in [2.24, 2.45) is 7.05 Å². The summed E-state index contributed by atoms with van der Waals surface area (Å²) in [5.74, 6) is 0.735. The van der Waals surface area contributed by atoms with E-state index in [1.807, 2.05) is 13.2 Å². The van der Waals surface area contributed by atoms with Crippen LogP contribution in [0.25, 0.3) is 0 Å². The summed E-state index contributed by atoms with van der Waals surface area (Å²) in [5.41, 5.74) is 7.70. The van der Waals surface area contributed by atoms with Crippen molar-refractivity contribution >= 4 is 23.4 Å². The highest BCUT2D eigenvalue weighted by atomic mass is 35.5. The molecule has 0 spiro atoms. The third-order valence-corrected chi connectivity index (χ3v) is 2.81. The minimum atomic E-state index is 0.198. The predicted octanol–water partition coefficient (Wildman–Crippen LogP) is 1.62. The fourth-order valence-electron chi connectivity index (χ4n) is 1.71. The Balaban J connectivity index is 2.13. The van der Waals surface area contributed by atoms with Gasteiger partial charge in [-0.15, -0.1) is 0 Å². The second kappa shape index (κ2) is 5.22. The Morgan fingerprint density at radius 3 is 3.00 bits per heavy atom. The molecule has 7 heteroatoms. The molecular formula is C11H15ClN6. The van der Waals surface area contributed by atoms with Crippen LogP contribution in [0, 0.1) is 0 Å². The Labute approximate surface area is 110 Å². The van der Waals surface area contributed by atoms with Crippen LogP contribution in [0.1, 0.15) is 18.2 Å². The zero-order valence-corrected chi connectivity index (χ0v) is 11.1. The lowest BCUT2D eigenvalue weighted by Crippen LogP contribution is -2.05. The van der Waals surface area contributed by atoms with Gasteiger partial charge in [0, 0.05) is 25.4 Å². The zero-order valence-electron chi connectivity index (χ0n) is 10.3. The average Bonchev–Trinajstić information content (AvgIpc) is 2.71. The van der Waals surface area contributed by atoms with Crippen molar-refractivity contribution < 1.29 is 0 Å². The van der Waals surface area contributed by atoms with Gasteiger partial charge in [0.05, 0.1) is 11.9 Å². The Morgan fingerprint density at radius 1 is 1.50 bits per heavy atom. The summed E-state index contributed by atoms with van der Waals surface area (Å²) in [6.07, 6.45) is 4.35. The van der Waals surface area contributed by atoms with Gasteiger partial charge < -0.3 is 11.1 Å². The molecular weight excluding hydrogens is 252 g/mol. The van der Waals surface area contributed by atoms with Gasteiger partial charge in [-0.2, -0.15) is 10.1 Å². The van der Waals surface area contributed by atoms with E-state index in [4.69, 9.17) is 17.3 Å². The summed E-state index contributed by atoms with van der Waals surface area (Å²) in [4.78, 5) is 7.86. The van der Waals surface area contributed by atoms with Crippen molar-refractivity contribution in [3.8, 4) is 0 Å². The summed E-state index contributed by atoms with van der Waals surface area (Å²) < 4.78 is 1.80. The van der Waals surface area contributed by atoms with E-state index in [2.05, 4.69) is 27.3 Å². The van der Waals surface area contributed by atoms with Gasteiger partial charge in [-0.3, -0.25) is 4.68 Å². The standard InChI is InChI=1S/C11H15ClN6/c1-3-9-7(6-18(2)17-9)4-14-10-8(12)5-15-11(13)16-10/h5-6H,3-4H2,1-2H3,(H3,13,14,15,16). The van der Waals surface area contributed by atoms with Gasteiger partial charge in [0.1, 0.15) is 5.02 Å². The zero-order chi connectivity index (χ0) is 13.1. The Hall–Kier alpha value is -1.82. The molecule has 0 radical (unpaired) electrons. The smallest absolute Gasteiger partial charge is 0.222 e. The first-order valence-corrected chi connectivity index (χ1v) is 6.01. The molecule has 3 N–H and O–H groups in total. The number of nitrogen functional groups attached to an aromatic ring is 1. The molecule has 0 amide bonds. The number of hydrogen-bond acceptors (Lipinski definition) is 5. The number of nitrogens with zero attached hydrogens (tertiary/aromatic N) is 4. The first-order chi connectivity index (χ1) is 8.60. The number of aromatic nitrogens is 4. The second-order valence-corrected chi connectivity index (χ2v) is 4.31. The molecule has 6 nitrogen and oxygen atoms in total. The van der Waals surface area contributed by atoms with Crippen molar-refractivity contribution in [3.05, 3.63) is 28.7 Å². The van der Waals surface area contributed by atoms with Gasteiger partial charge in [-0.05, 0) is 6.42 Å². The monoisotopic (exact) mass is 266 g/mol. The van der Waals surface area contributed by atoms with E-state index in [1.54, 1.807) is 4.68 Å². The lowest BCUT2D eigenvalue weighted by atomic mass is 10.2. The van der Waals surface area contributed by atoms with Crippen LogP contribution in [0.4, 0.5) is 11.8 Å². The molecule has 0 aliphatic rings. The molecule has 0 saturated heterocycles. The predicted molar refractivity (Wildman–Crippen MR) is 71.4 cm³/mol. The van der Waals surface area contributed by atoms with Crippen LogP contribution in [-0.2, 0) is 20.0 Å². The fraction of sp³-hybridized carbons (Fsp3) is 0.364. The highest BCUT2D eigenvalue weighted by Crippen LogP contribution is 2.19. The molecule has 2 aromatic heterocycles. The van der Waals surface area contributed by atoms with E-state index in [0.29, 0.717) is 17.4 Å². The first-order valence-electron chi connectivity index (χ1n) is 5.63.